The molecule has 0 aliphatic heterocycles. The molecule has 5 aliphatic rings. The Balaban J connectivity index is 1.26. The van der Waals surface area contributed by atoms with Gasteiger partial charge in [-0.25, -0.2) is 0 Å². The minimum absolute atomic E-state index is 0.0564. The minimum atomic E-state index is -0.243. The molecule has 5 heteroatoms. The Morgan fingerprint density at radius 1 is 1.14 bits per heavy atom. The van der Waals surface area contributed by atoms with Gasteiger partial charge in [-0.2, -0.15) is 0 Å². The van der Waals surface area contributed by atoms with Gasteiger partial charge >= 0.3 is 0 Å². The Morgan fingerprint density at radius 3 is 2.34 bits per heavy atom. The lowest BCUT2D eigenvalue weighted by Crippen LogP contribution is -2.60. The maximum Gasteiger partial charge on any atom is 0.261 e. The van der Waals surface area contributed by atoms with Crippen molar-refractivity contribution < 1.29 is 4.79 Å². The molecule has 1 heterocycles. The van der Waals surface area contributed by atoms with Crippen molar-refractivity contribution in [2.75, 3.05) is 13.1 Å². The zero-order valence-corrected chi connectivity index (χ0v) is 17.7. The zero-order valence-electron chi connectivity index (χ0n) is 17.7. The molecule has 0 aromatic carbocycles. The molecule has 5 aliphatic carbocycles. The van der Waals surface area contributed by atoms with Gasteiger partial charge in [0.1, 0.15) is 5.56 Å². The second-order valence-electron chi connectivity index (χ2n) is 10.6. The molecular formula is C24H35N3O2. The molecule has 5 saturated carbocycles. The fourth-order valence-electron chi connectivity index (χ4n) is 6.81. The summed E-state index contributed by atoms with van der Waals surface area (Å²) in [6.45, 7) is 5.12. The van der Waals surface area contributed by atoms with E-state index in [1.165, 1.54) is 32.1 Å². The summed E-state index contributed by atoms with van der Waals surface area (Å²) in [6, 6.07) is 3.68. The largest absolute Gasteiger partial charge is 0.346 e. The van der Waals surface area contributed by atoms with Crippen molar-refractivity contribution >= 4 is 5.91 Å². The van der Waals surface area contributed by atoms with Crippen molar-refractivity contribution in [2.45, 2.75) is 76.8 Å². The van der Waals surface area contributed by atoms with Crippen LogP contribution in [0.1, 0.15) is 80.8 Å². The van der Waals surface area contributed by atoms with Crippen LogP contribution in [0.5, 0.6) is 0 Å². The van der Waals surface area contributed by atoms with Gasteiger partial charge < -0.3 is 10.3 Å². The van der Waals surface area contributed by atoms with E-state index >= 15 is 0 Å². The van der Waals surface area contributed by atoms with Gasteiger partial charge in [0, 0.05) is 24.3 Å². The van der Waals surface area contributed by atoms with Crippen molar-refractivity contribution in [3.63, 3.8) is 0 Å². The zero-order chi connectivity index (χ0) is 20.0. The predicted octanol–water partition coefficient (Wildman–Crippen LogP) is 3.70. The second kappa shape index (κ2) is 7.57. The molecule has 0 spiro atoms. The van der Waals surface area contributed by atoms with Gasteiger partial charge in [0.2, 0.25) is 0 Å². The number of carbonyl (C=O) groups is 1. The summed E-state index contributed by atoms with van der Waals surface area (Å²) < 4.78 is 0. The van der Waals surface area contributed by atoms with Gasteiger partial charge in [0.25, 0.3) is 11.5 Å². The summed E-state index contributed by atoms with van der Waals surface area (Å²) in [5.74, 6) is 2.98. The van der Waals surface area contributed by atoms with Gasteiger partial charge in [-0.3, -0.25) is 14.5 Å². The molecule has 1 aromatic rings. The number of amides is 1. The van der Waals surface area contributed by atoms with Gasteiger partial charge in [0.15, 0.2) is 0 Å². The van der Waals surface area contributed by atoms with Crippen molar-refractivity contribution in [3.05, 3.63) is 33.7 Å². The molecule has 0 atom stereocenters. The highest BCUT2D eigenvalue weighted by molar-refractivity contribution is 5.94. The average molecular weight is 398 g/mol. The van der Waals surface area contributed by atoms with E-state index in [0.717, 1.165) is 74.7 Å². The lowest BCUT2D eigenvalue weighted by Gasteiger charge is -2.56. The minimum Gasteiger partial charge on any atom is -0.346 e. The van der Waals surface area contributed by atoms with Crippen LogP contribution in [0.15, 0.2) is 16.9 Å². The number of H-pyrrole nitrogens is 1. The highest BCUT2D eigenvalue weighted by atomic mass is 16.2. The first-order chi connectivity index (χ1) is 14.0. The Kier molecular flexibility index (Phi) is 5.05. The molecule has 2 N–H and O–H groups in total. The average Bonchev–Trinajstić information content (AvgIpc) is 3.44. The van der Waals surface area contributed by atoms with Gasteiger partial charge in [0.05, 0.1) is 0 Å². The van der Waals surface area contributed by atoms with E-state index in [1.807, 2.05) is 6.07 Å². The monoisotopic (exact) mass is 397 g/mol. The summed E-state index contributed by atoms with van der Waals surface area (Å²) in [5.41, 5.74) is 0.885. The van der Waals surface area contributed by atoms with Crippen LogP contribution >= 0.6 is 0 Å². The first kappa shape index (κ1) is 19.3. The Hall–Kier alpha value is -1.62. The van der Waals surface area contributed by atoms with Gasteiger partial charge in [-0.05, 0) is 100 Å². The number of hydrogen-bond donors (Lipinski definition) is 2. The Bertz CT molecular complexity index is 790. The highest BCUT2D eigenvalue weighted by Crippen LogP contribution is 2.55. The molecular weight excluding hydrogens is 362 g/mol. The number of aromatic nitrogens is 1. The normalized spacial score (nSPS) is 32.7. The molecule has 6 rings (SSSR count). The second-order valence-corrected chi connectivity index (χ2v) is 10.6. The number of aromatic amines is 1. The summed E-state index contributed by atoms with van der Waals surface area (Å²) in [6.07, 6.45) is 11.1. The van der Waals surface area contributed by atoms with E-state index < -0.39 is 0 Å². The molecule has 29 heavy (non-hydrogen) atoms. The molecule has 4 bridgehead atoms. The summed E-state index contributed by atoms with van der Waals surface area (Å²) in [7, 11) is 0. The van der Waals surface area contributed by atoms with E-state index in [1.54, 1.807) is 6.07 Å². The molecule has 5 nitrogen and oxygen atoms in total. The lowest BCUT2D eigenvalue weighted by atomic mass is 9.53. The molecule has 158 valence electrons. The van der Waals surface area contributed by atoms with Crippen LogP contribution in [-0.4, -0.2) is 34.4 Å². The van der Waals surface area contributed by atoms with E-state index in [0.29, 0.717) is 0 Å². The maximum atomic E-state index is 13.0. The third-order valence-corrected chi connectivity index (χ3v) is 7.78. The maximum absolute atomic E-state index is 13.0. The van der Waals surface area contributed by atoms with Crippen molar-refractivity contribution in [1.29, 1.82) is 0 Å². The van der Waals surface area contributed by atoms with E-state index in [4.69, 9.17) is 0 Å². The topological polar surface area (TPSA) is 65.2 Å². The molecule has 0 radical (unpaired) electrons. The summed E-state index contributed by atoms with van der Waals surface area (Å²) >= 11 is 0. The first-order valence-electron chi connectivity index (χ1n) is 11.8. The van der Waals surface area contributed by atoms with E-state index in [9.17, 15) is 9.59 Å². The Labute approximate surface area is 173 Å². The molecule has 5 fully saturated rings. The van der Waals surface area contributed by atoms with Crippen LogP contribution in [-0.2, 0) is 6.54 Å². The summed E-state index contributed by atoms with van der Waals surface area (Å²) in [5, 5.41) is 3.33. The molecule has 1 amide bonds. The van der Waals surface area contributed by atoms with Gasteiger partial charge in [-0.15, -0.1) is 0 Å². The van der Waals surface area contributed by atoms with Crippen molar-refractivity contribution in [3.8, 4) is 0 Å². The SMILES string of the molecule is CCCN(Cc1ccc(C(=O)NC23CC4CC(CC(C4)C2)C3)c(=O)[nH]1)CC1CC1. The van der Waals surface area contributed by atoms with Gasteiger partial charge in [-0.1, -0.05) is 6.92 Å². The van der Waals surface area contributed by atoms with Crippen LogP contribution in [0.2, 0.25) is 0 Å². The van der Waals surface area contributed by atoms with Crippen molar-refractivity contribution in [1.82, 2.24) is 15.2 Å². The van der Waals surface area contributed by atoms with Crippen LogP contribution in [0, 0.1) is 23.7 Å². The smallest absolute Gasteiger partial charge is 0.261 e. The van der Waals surface area contributed by atoms with Crippen LogP contribution < -0.4 is 10.9 Å². The molecule has 1 aromatic heterocycles. The third kappa shape index (κ3) is 4.16. The number of carbonyl (C=O) groups excluding carboxylic acids is 1. The lowest BCUT2D eigenvalue weighted by molar-refractivity contribution is -0.0167. The molecule has 0 saturated heterocycles. The fourth-order valence-corrected chi connectivity index (χ4v) is 6.81. The van der Waals surface area contributed by atoms with E-state index in [2.05, 4.69) is 22.1 Å². The van der Waals surface area contributed by atoms with Crippen LogP contribution in [0.3, 0.4) is 0 Å². The highest BCUT2D eigenvalue weighted by Gasteiger charge is 2.51. The quantitative estimate of drug-likeness (QED) is 0.703. The first-order valence-corrected chi connectivity index (χ1v) is 11.8. The number of pyridine rings is 1. The number of nitrogens with one attached hydrogen (secondary N) is 2. The number of rotatable bonds is 8. The number of nitrogens with zero attached hydrogens (tertiary/aromatic N) is 1. The standard InChI is InChI=1S/C24H35N3O2/c1-2-7-27(14-16-3-4-16)15-20-5-6-21(22(28)25-20)23(29)26-24-11-17-8-18(12-24)10-19(9-17)13-24/h5-6,16-19H,2-4,7-15H2,1H3,(H,25,28)(H,26,29). The third-order valence-electron chi connectivity index (χ3n) is 7.78. The predicted molar refractivity (Wildman–Crippen MR) is 114 cm³/mol. The van der Waals surface area contributed by atoms with Crippen LogP contribution in [0.4, 0.5) is 0 Å². The number of hydrogen-bond acceptors (Lipinski definition) is 3. The van der Waals surface area contributed by atoms with E-state index in [-0.39, 0.29) is 22.6 Å². The van der Waals surface area contributed by atoms with Crippen LogP contribution in [0.25, 0.3) is 0 Å². The molecule has 0 unspecified atom stereocenters. The van der Waals surface area contributed by atoms with Crippen molar-refractivity contribution in [2.24, 2.45) is 23.7 Å². The fraction of sp³-hybridized carbons (Fsp3) is 0.750. The summed E-state index contributed by atoms with van der Waals surface area (Å²) in [4.78, 5) is 31.1. The Morgan fingerprint density at radius 2 is 1.79 bits per heavy atom.